The van der Waals surface area contributed by atoms with Crippen molar-refractivity contribution in [2.24, 2.45) is 0 Å². The maximum atomic E-state index is 12.9. The third-order valence-corrected chi connectivity index (χ3v) is 5.65. The van der Waals surface area contributed by atoms with Gasteiger partial charge in [-0.2, -0.15) is 20.3 Å². The summed E-state index contributed by atoms with van der Waals surface area (Å²) in [6.45, 7) is 3.19. The van der Waals surface area contributed by atoms with Gasteiger partial charge in [0.1, 0.15) is 28.3 Å². The lowest BCUT2D eigenvalue weighted by molar-refractivity contribution is 0.0526. The van der Waals surface area contributed by atoms with Crippen LogP contribution in [0.3, 0.4) is 0 Å². The Kier molecular flexibility index (Phi) is 6.33. The maximum Gasteiger partial charge on any atom is 0.341 e. The van der Waals surface area contributed by atoms with Gasteiger partial charge < -0.3 is 15.8 Å². The molecule has 3 rings (SSSR count). The number of nitrogen functional groups attached to an aromatic ring is 1. The first-order valence-electron chi connectivity index (χ1n) is 9.24. The lowest BCUT2D eigenvalue weighted by Crippen LogP contribution is -2.27. The Balaban J connectivity index is 2.25. The molecule has 11 heteroatoms. The van der Waals surface area contributed by atoms with E-state index in [0.717, 1.165) is 16.0 Å². The van der Waals surface area contributed by atoms with Crippen LogP contribution in [0.2, 0.25) is 0 Å². The molecule has 1 aromatic carbocycles. The lowest BCUT2D eigenvalue weighted by Gasteiger charge is -2.08. The van der Waals surface area contributed by atoms with Gasteiger partial charge in [0, 0.05) is 5.69 Å². The van der Waals surface area contributed by atoms with Crippen molar-refractivity contribution < 1.29 is 14.3 Å². The van der Waals surface area contributed by atoms with Crippen LogP contribution in [0.5, 0.6) is 0 Å². The average Bonchev–Trinajstić information content (AvgIpc) is 3.12. The fourth-order valence-electron chi connectivity index (χ4n) is 2.88. The number of aromatic nitrogens is 2. The summed E-state index contributed by atoms with van der Waals surface area (Å²) in [5, 5.41) is 25.2. The van der Waals surface area contributed by atoms with Crippen molar-refractivity contribution in [1.29, 1.82) is 10.5 Å². The molecule has 0 bridgehead atoms. The van der Waals surface area contributed by atoms with Crippen LogP contribution in [0.25, 0.3) is 5.00 Å². The van der Waals surface area contributed by atoms with E-state index in [-0.39, 0.29) is 39.0 Å². The Morgan fingerprint density at radius 1 is 1.25 bits per heavy atom. The Hall–Kier alpha value is -4.48. The Morgan fingerprint density at radius 2 is 1.94 bits per heavy atom. The molecule has 0 fully saturated rings. The van der Waals surface area contributed by atoms with Crippen molar-refractivity contribution in [2.45, 2.75) is 13.8 Å². The number of benzene rings is 1. The number of ether oxygens (including phenoxy) is 1. The summed E-state index contributed by atoms with van der Waals surface area (Å²) in [6, 6.07) is 12.1. The van der Waals surface area contributed by atoms with E-state index in [1.807, 2.05) is 0 Å². The molecule has 0 radical (unpaired) electrons. The molecule has 0 unspecified atom stereocenters. The van der Waals surface area contributed by atoms with Crippen molar-refractivity contribution in [1.82, 2.24) is 9.78 Å². The zero-order chi connectivity index (χ0) is 23.4. The molecule has 160 valence electrons. The first-order valence-corrected chi connectivity index (χ1v) is 10.1. The number of rotatable bonds is 5. The molecule has 0 saturated heterocycles. The minimum atomic E-state index is -0.925. The van der Waals surface area contributed by atoms with Gasteiger partial charge in [0.25, 0.3) is 11.5 Å². The molecular formula is C21H16N6O4S. The van der Waals surface area contributed by atoms with Crippen LogP contribution < -0.4 is 16.6 Å². The van der Waals surface area contributed by atoms with Gasteiger partial charge in [-0.15, -0.1) is 11.3 Å². The number of esters is 1. The van der Waals surface area contributed by atoms with Gasteiger partial charge in [-0.1, -0.05) is 18.2 Å². The second-order valence-electron chi connectivity index (χ2n) is 6.35. The van der Waals surface area contributed by atoms with Crippen LogP contribution in [-0.4, -0.2) is 28.3 Å². The molecule has 0 spiro atoms. The summed E-state index contributed by atoms with van der Waals surface area (Å²) >= 11 is 0.807. The number of nitriles is 2. The molecule has 1 amide bonds. The first kappa shape index (κ1) is 22.2. The van der Waals surface area contributed by atoms with E-state index in [2.05, 4.69) is 10.4 Å². The van der Waals surface area contributed by atoms with E-state index in [1.165, 1.54) is 6.92 Å². The molecule has 3 aromatic rings. The zero-order valence-corrected chi connectivity index (χ0v) is 17.8. The Morgan fingerprint density at radius 3 is 2.53 bits per heavy atom. The van der Waals surface area contributed by atoms with Gasteiger partial charge in [0.05, 0.1) is 17.2 Å². The highest BCUT2D eigenvalue weighted by Gasteiger charge is 2.29. The smallest absolute Gasteiger partial charge is 0.341 e. The highest BCUT2D eigenvalue weighted by Crippen LogP contribution is 2.32. The number of nitrogens with one attached hydrogen (secondary N) is 1. The third-order valence-electron chi connectivity index (χ3n) is 4.39. The highest BCUT2D eigenvalue weighted by molar-refractivity contribution is 7.17. The minimum absolute atomic E-state index is 0.0516. The molecule has 0 atom stereocenters. The minimum Gasteiger partial charge on any atom is -0.462 e. The van der Waals surface area contributed by atoms with Gasteiger partial charge in [-0.3, -0.25) is 9.59 Å². The lowest BCUT2D eigenvalue weighted by atomic mass is 10.1. The van der Waals surface area contributed by atoms with Crippen LogP contribution in [0, 0.1) is 29.6 Å². The summed E-state index contributed by atoms with van der Waals surface area (Å²) < 4.78 is 5.83. The van der Waals surface area contributed by atoms with E-state index in [1.54, 1.807) is 49.4 Å². The van der Waals surface area contributed by atoms with Crippen molar-refractivity contribution in [3.05, 3.63) is 67.9 Å². The van der Waals surface area contributed by atoms with Crippen LogP contribution in [0.15, 0.2) is 35.1 Å². The molecule has 32 heavy (non-hydrogen) atoms. The summed E-state index contributed by atoms with van der Waals surface area (Å²) in [5.74, 6) is -1.29. The van der Waals surface area contributed by atoms with E-state index >= 15 is 0 Å². The van der Waals surface area contributed by atoms with Gasteiger partial charge in [-0.05, 0) is 31.5 Å². The van der Waals surface area contributed by atoms with Crippen molar-refractivity contribution in [2.75, 3.05) is 17.7 Å². The standard InChI is InChI=1S/C21H16N6O4S/c1-3-31-21(30)15-11(2)17(18(28)25-12-7-5-4-6-8-12)32-20(15)27-19(29)13(9-22)16(24)14(10-23)26-27/h4-8H,3,24H2,1-2H3,(H,25,28). The number of para-hydroxylation sites is 1. The zero-order valence-electron chi connectivity index (χ0n) is 17.0. The largest absolute Gasteiger partial charge is 0.462 e. The molecule has 2 heterocycles. The monoisotopic (exact) mass is 448 g/mol. The Labute approximate surface area is 186 Å². The molecule has 10 nitrogen and oxygen atoms in total. The van der Waals surface area contributed by atoms with Crippen molar-refractivity contribution in [3.8, 4) is 17.1 Å². The quantitative estimate of drug-likeness (QED) is 0.562. The number of thiophene rings is 1. The maximum absolute atomic E-state index is 12.9. The van der Waals surface area contributed by atoms with Crippen LogP contribution >= 0.6 is 11.3 Å². The molecule has 0 aliphatic rings. The van der Waals surface area contributed by atoms with Gasteiger partial charge in [0.2, 0.25) is 0 Å². The number of hydrogen-bond donors (Lipinski definition) is 2. The number of anilines is 2. The third kappa shape index (κ3) is 3.93. The van der Waals surface area contributed by atoms with Crippen LogP contribution in [-0.2, 0) is 4.74 Å². The van der Waals surface area contributed by atoms with E-state index in [9.17, 15) is 24.9 Å². The predicted octanol–water partition coefficient (Wildman–Crippen LogP) is 2.36. The van der Waals surface area contributed by atoms with Gasteiger partial charge in [0.15, 0.2) is 5.69 Å². The number of nitrogens with zero attached hydrogens (tertiary/aromatic N) is 4. The second kappa shape index (κ2) is 9.12. The van der Waals surface area contributed by atoms with E-state index < -0.39 is 23.0 Å². The van der Waals surface area contributed by atoms with Crippen LogP contribution in [0.4, 0.5) is 11.4 Å². The molecule has 3 N–H and O–H groups in total. The molecule has 0 saturated carbocycles. The summed E-state index contributed by atoms with van der Waals surface area (Å²) in [5.41, 5.74) is 4.28. The van der Waals surface area contributed by atoms with Crippen LogP contribution in [0.1, 0.15) is 43.8 Å². The number of carbonyl (C=O) groups is 2. The second-order valence-corrected chi connectivity index (χ2v) is 7.35. The van der Waals surface area contributed by atoms with E-state index in [0.29, 0.717) is 5.69 Å². The Bertz CT molecular complexity index is 1360. The molecule has 2 aromatic heterocycles. The van der Waals surface area contributed by atoms with Crippen molar-refractivity contribution in [3.63, 3.8) is 0 Å². The van der Waals surface area contributed by atoms with Gasteiger partial charge in [-0.25, -0.2) is 4.79 Å². The summed E-state index contributed by atoms with van der Waals surface area (Å²) in [4.78, 5) is 38.6. The number of amides is 1. The average molecular weight is 448 g/mol. The number of carbonyl (C=O) groups excluding carboxylic acids is 2. The fraction of sp³-hybridized carbons (Fsp3) is 0.143. The molecule has 0 aliphatic heterocycles. The fourth-order valence-corrected chi connectivity index (χ4v) is 4.02. The van der Waals surface area contributed by atoms with Crippen molar-refractivity contribution >= 4 is 34.6 Å². The highest BCUT2D eigenvalue weighted by atomic mass is 32.1. The topological polar surface area (TPSA) is 164 Å². The summed E-state index contributed by atoms with van der Waals surface area (Å²) in [7, 11) is 0. The molecule has 0 aliphatic carbocycles. The predicted molar refractivity (Wildman–Crippen MR) is 117 cm³/mol. The van der Waals surface area contributed by atoms with Gasteiger partial charge >= 0.3 is 5.97 Å². The number of hydrogen-bond acceptors (Lipinski definition) is 9. The normalized spacial score (nSPS) is 10.1. The molecular weight excluding hydrogens is 432 g/mol. The van der Waals surface area contributed by atoms with E-state index in [4.69, 9.17) is 10.5 Å². The SMILES string of the molecule is CCOC(=O)c1c(-n2nc(C#N)c(N)c(C#N)c2=O)sc(C(=O)Nc2ccccc2)c1C. The number of nitrogens with two attached hydrogens (primary N) is 1. The first-order chi connectivity index (χ1) is 15.3. The summed E-state index contributed by atoms with van der Waals surface area (Å²) in [6.07, 6.45) is 0.